The summed E-state index contributed by atoms with van der Waals surface area (Å²) in [7, 11) is 0. The maximum absolute atomic E-state index is 12.9. The number of carbonyl (C=O) groups is 1. The summed E-state index contributed by atoms with van der Waals surface area (Å²) in [4.78, 5) is 20.7. The second-order valence-corrected chi connectivity index (χ2v) is 7.27. The molecule has 2 aliphatic rings. The van der Waals surface area contributed by atoms with Gasteiger partial charge in [-0.2, -0.15) is 0 Å². The van der Waals surface area contributed by atoms with Crippen LogP contribution < -0.4 is 0 Å². The number of nitrogens with one attached hydrogen (secondary N) is 1. The molecule has 1 aromatic heterocycles. The Balaban J connectivity index is 1.59. The molecule has 0 aliphatic carbocycles. The predicted octanol–water partition coefficient (Wildman–Crippen LogP) is 3.24. The Morgan fingerprint density at radius 3 is 2.95 bits per heavy atom. The Morgan fingerprint density at radius 1 is 1.18 bits per heavy atom. The minimum Gasteiger partial charge on any atom is -0.351 e. The van der Waals surface area contributed by atoms with E-state index in [9.17, 15) is 4.79 Å². The van der Waals surface area contributed by atoms with Gasteiger partial charge in [-0.05, 0) is 50.1 Å². The Kier molecular flexibility index (Phi) is 3.70. The summed E-state index contributed by atoms with van der Waals surface area (Å²) in [6, 6.07) is 8.58. The summed E-state index contributed by atoms with van der Waals surface area (Å²) in [5.41, 5.74) is 1.73. The summed E-state index contributed by atoms with van der Waals surface area (Å²) in [5, 5.41) is 1.08. The van der Waals surface area contributed by atoms with Crippen LogP contribution in [0, 0.1) is 0 Å². The molecule has 0 spiro atoms. The number of carbonyl (C=O) groups excluding carboxylic acids is 1. The molecule has 22 heavy (non-hydrogen) atoms. The van der Waals surface area contributed by atoms with Crippen molar-refractivity contribution >= 4 is 32.7 Å². The minimum absolute atomic E-state index is 0.140. The Labute approximate surface area is 138 Å². The number of halogens is 1. The first kappa shape index (κ1) is 14.3. The van der Waals surface area contributed by atoms with E-state index in [1.54, 1.807) is 0 Å². The van der Waals surface area contributed by atoms with Crippen molar-refractivity contribution in [2.45, 2.75) is 25.3 Å². The number of benzene rings is 1. The maximum Gasteiger partial charge on any atom is 0.270 e. The van der Waals surface area contributed by atoms with E-state index in [2.05, 4.69) is 25.8 Å². The molecular formula is C17H20BrN3O. The van der Waals surface area contributed by atoms with E-state index in [-0.39, 0.29) is 5.91 Å². The van der Waals surface area contributed by atoms with Gasteiger partial charge in [-0.3, -0.25) is 9.69 Å². The zero-order valence-electron chi connectivity index (χ0n) is 12.5. The van der Waals surface area contributed by atoms with Crippen molar-refractivity contribution < 1.29 is 4.79 Å². The average molecular weight is 362 g/mol. The third kappa shape index (κ3) is 2.57. The maximum atomic E-state index is 12.9. The normalized spacial score (nSPS) is 22.8. The quantitative estimate of drug-likeness (QED) is 0.846. The number of hydrogen-bond acceptors (Lipinski definition) is 2. The average Bonchev–Trinajstić information content (AvgIpc) is 3.07. The molecule has 1 atom stereocenters. The molecule has 1 aromatic carbocycles. The standard InChI is InChI=1S/C17H20BrN3O/c18-13-4-5-15-12(9-13)10-16(19-15)17(22)21-8-2-7-20-6-1-3-14(20)11-21/h4-5,9-10,14,19H,1-3,6-8,11H2. The zero-order valence-corrected chi connectivity index (χ0v) is 14.1. The second-order valence-electron chi connectivity index (χ2n) is 6.35. The summed E-state index contributed by atoms with van der Waals surface area (Å²) in [6.45, 7) is 4.07. The number of H-pyrrole nitrogens is 1. The fraction of sp³-hybridized carbons (Fsp3) is 0.471. The summed E-state index contributed by atoms with van der Waals surface area (Å²) in [5.74, 6) is 0.140. The molecule has 2 aliphatic heterocycles. The highest BCUT2D eigenvalue weighted by molar-refractivity contribution is 9.10. The lowest BCUT2D eigenvalue weighted by Gasteiger charge is -2.25. The van der Waals surface area contributed by atoms with E-state index in [0.29, 0.717) is 11.7 Å². The van der Waals surface area contributed by atoms with Gasteiger partial charge < -0.3 is 9.88 Å². The highest BCUT2D eigenvalue weighted by Crippen LogP contribution is 2.24. The lowest BCUT2D eigenvalue weighted by molar-refractivity contribution is 0.0738. The van der Waals surface area contributed by atoms with Crippen LogP contribution in [0.25, 0.3) is 10.9 Å². The molecule has 5 heteroatoms. The van der Waals surface area contributed by atoms with Gasteiger partial charge in [0.1, 0.15) is 5.69 Å². The van der Waals surface area contributed by atoms with Crippen LogP contribution in [0.4, 0.5) is 0 Å². The predicted molar refractivity (Wildman–Crippen MR) is 91.1 cm³/mol. The van der Waals surface area contributed by atoms with Gasteiger partial charge in [-0.15, -0.1) is 0 Å². The van der Waals surface area contributed by atoms with Crippen molar-refractivity contribution in [3.05, 3.63) is 34.4 Å². The van der Waals surface area contributed by atoms with Crippen molar-refractivity contribution in [3.8, 4) is 0 Å². The van der Waals surface area contributed by atoms with Crippen LogP contribution >= 0.6 is 15.9 Å². The topological polar surface area (TPSA) is 39.3 Å². The molecule has 1 unspecified atom stereocenters. The van der Waals surface area contributed by atoms with Crippen molar-refractivity contribution in [1.29, 1.82) is 0 Å². The van der Waals surface area contributed by atoms with Gasteiger partial charge in [0, 0.05) is 41.1 Å². The van der Waals surface area contributed by atoms with Gasteiger partial charge in [0.15, 0.2) is 0 Å². The molecule has 1 N–H and O–H groups in total. The Hall–Kier alpha value is -1.33. The van der Waals surface area contributed by atoms with Crippen LogP contribution in [0.3, 0.4) is 0 Å². The molecule has 116 valence electrons. The molecule has 2 fully saturated rings. The fourth-order valence-electron chi connectivity index (χ4n) is 3.78. The number of hydrogen-bond donors (Lipinski definition) is 1. The number of aromatic nitrogens is 1. The van der Waals surface area contributed by atoms with Gasteiger partial charge >= 0.3 is 0 Å². The van der Waals surface area contributed by atoms with Crippen LogP contribution in [0.2, 0.25) is 0 Å². The van der Waals surface area contributed by atoms with Crippen LogP contribution in [0.5, 0.6) is 0 Å². The highest BCUT2D eigenvalue weighted by Gasteiger charge is 2.31. The number of nitrogens with zero attached hydrogens (tertiary/aromatic N) is 2. The van der Waals surface area contributed by atoms with Crippen LogP contribution in [-0.4, -0.2) is 52.9 Å². The smallest absolute Gasteiger partial charge is 0.270 e. The van der Waals surface area contributed by atoms with Crippen molar-refractivity contribution in [1.82, 2.24) is 14.8 Å². The molecule has 2 aromatic rings. The molecule has 4 rings (SSSR count). The van der Waals surface area contributed by atoms with Gasteiger partial charge in [0.05, 0.1) is 0 Å². The molecule has 1 amide bonds. The van der Waals surface area contributed by atoms with E-state index in [4.69, 9.17) is 0 Å². The molecule has 0 radical (unpaired) electrons. The van der Waals surface area contributed by atoms with Crippen molar-refractivity contribution in [2.24, 2.45) is 0 Å². The van der Waals surface area contributed by atoms with Gasteiger partial charge in [-0.1, -0.05) is 15.9 Å². The molecule has 4 nitrogen and oxygen atoms in total. The van der Waals surface area contributed by atoms with Crippen molar-refractivity contribution in [2.75, 3.05) is 26.2 Å². The summed E-state index contributed by atoms with van der Waals surface area (Å²) < 4.78 is 1.04. The van der Waals surface area contributed by atoms with Crippen LogP contribution in [0.15, 0.2) is 28.7 Å². The second kappa shape index (κ2) is 5.70. The first-order valence-electron chi connectivity index (χ1n) is 8.02. The van der Waals surface area contributed by atoms with Crippen molar-refractivity contribution in [3.63, 3.8) is 0 Å². The highest BCUT2D eigenvalue weighted by atomic mass is 79.9. The molecular weight excluding hydrogens is 342 g/mol. The minimum atomic E-state index is 0.140. The third-order valence-corrected chi connectivity index (χ3v) is 5.40. The largest absolute Gasteiger partial charge is 0.351 e. The molecule has 0 saturated carbocycles. The Bertz CT molecular complexity index is 711. The number of fused-ring (bicyclic) bond motifs is 2. The Morgan fingerprint density at radius 2 is 2.05 bits per heavy atom. The molecule has 2 saturated heterocycles. The van der Waals surface area contributed by atoms with Gasteiger partial charge in [0.2, 0.25) is 0 Å². The first-order valence-corrected chi connectivity index (χ1v) is 8.81. The summed E-state index contributed by atoms with van der Waals surface area (Å²) >= 11 is 3.48. The summed E-state index contributed by atoms with van der Waals surface area (Å²) in [6.07, 6.45) is 3.57. The zero-order chi connectivity index (χ0) is 15.1. The molecule has 3 heterocycles. The van der Waals surface area contributed by atoms with E-state index in [1.165, 1.54) is 19.4 Å². The van der Waals surface area contributed by atoms with E-state index in [1.807, 2.05) is 29.2 Å². The van der Waals surface area contributed by atoms with Crippen LogP contribution in [-0.2, 0) is 0 Å². The van der Waals surface area contributed by atoms with Crippen LogP contribution in [0.1, 0.15) is 29.8 Å². The molecule has 0 bridgehead atoms. The van der Waals surface area contributed by atoms with E-state index < -0.39 is 0 Å². The van der Waals surface area contributed by atoms with Gasteiger partial charge in [-0.25, -0.2) is 0 Å². The first-order chi connectivity index (χ1) is 10.7. The lowest BCUT2D eigenvalue weighted by atomic mass is 10.2. The monoisotopic (exact) mass is 361 g/mol. The van der Waals surface area contributed by atoms with E-state index in [0.717, 1.165) is 41.4 Å². The third-order valence-electron chi connectivity index (χ3n) is 4.90. The van der Waals surface area contributed by atoms with Gasteiger partial charge in [0.25, 0.3) is 5.91 Å². The fourth-order valence-corrected chi connectivity index (χ4v) is 4.16. The van der Waals surface area contributed by atoms with E-state index >= 15 is 0 Å². The lowest BCUT2D eigenvalue weighted by Crippen LogP contribution is -2.39. The number of aromatic amines is 1. The SMILES string of the molecule is O=C(c1cc2cc(Br)ccc2[nH]1)N1CCCN2CCCC2C1. The number of rotatable bonds is 1. The number of amides is 1.